The molecule has 0 aliphatic rings. The molecule has 6 heteroatoms. The number of ether oxygens (including phenoxy) is 1. The van der Waals surface area contributed by atoms with Crippen molar-refractivity contribution in [2.24, 2.45) is 7.05 Å². The van der Waals surface area contributed by atoms with Crippen molar-refractivity contribution in [1.82, 2.24) is 9.78 Å². The number of nitrogens with two attached hydrogens (primary N) is 1. The molecular formula is C11H11F2N3O. The zero-order valence-electron chi connectivity index (χ0n) is 9.37. The molecule has 0 spiro atoms. The van der Waals surface area contributed by atoms with Gasteiger partial charge in [-0.05, 0) is 17.7 Å². The predicted octanol–water partition coefficient (Wildman–Crippen LogP) is 1.96. The van der Waals surface area contributed by atoms with Crippen molar-refractivity contribution in [3.05, 3.63) is 30.0 Å². The van der Waals surface area contributed by atoms with Crippen LogP contribution in [0.2, 0.25) is 0 Å². The number of benzene rings is 1. The van der Waals surface area contributed by atoms with Crippen LogP contribution in [0.1, 0.15) is 0 Å². The molecule has 17 heavy (non-hydrogen) atoms. The first kappa shape index (κ1) is 11.4. The second kappa shape index (κ2) is 4.04. The van der Waals surface area contributed by atoms with Crippen LogP contribution in [0.5, 0.6) is 5.75 Å². The number of methoxy groups -OCH3 is 1. The van der Waals surface area contributed by atoms with Crippen LogP contribution in [0.4, 0.5) is 14.6 Å². The first-order valence-corrected chi connectivity index (χ1v) is 4.85. The minimum atomic E-state index is -0.772. The molecule has 1 aromatic carbocycles. The molecule has 0 atom stereocenters. The molecule has 0 saturated heterocycles. The van der Waals surface area contributed by atoms with E-state index >= 15 is 0 Å². The smallest absolute Gasteiger partial charge is 0.190 e. The van der Waals surface area contributed by atoms with Gasteiger partial charge in [0.15, 0.2) is 17.4 Å². The Kier molecular flexibility index (Phi) is 2.71. The van der Waals surface area contributed by atoms with Gasteiger partial charge in [0.05, 0.1) is 13.3 Å². The molecule has 1 heterocycles. The normalized spacial score (nSPS) is 10.6. The van der Waals surface area contributed by atoms with Gasteiger partial charge in [-0.15, -0.1) is 0 Å². The van der Waals surface area contributed by atoms with Gasteiger partial charge in [-0.1, -0.05) is 0 Å². The molecule has 0 fully saturated rings. The lowest BCUT2D eigenvalue weighted by Crippen LogP contribution is -1.99. The molecule has 0 unspecified atom stereocenters. The van der Waals surface area contributed by atoms with Crippen LogP contribution in [0.15, 0.2) is 18.3 Å². The third kappa shape index (κ3) is 1.82. The van der Waals surface area contributed by atoms with Crippen molar-refractivity contribution in [2.75, 3.05) is 12.8 Å². The Morgan fingerprint density at radius 1 is 1.29 bits per heavy atom. The second-order valence-electron chi connectivity index (χ2n) is 3.54. The summed E-state index contributed by atoms with van der Waals surface area (Å²) in [6.45, 7) is 0. The topological polar surface area (TPSA) is 53.1 Å². The van der Waals surface area contributed by atoms with Crippen molar-refractivity contribution in [1.29, 1.82) is 0 Å². The van der Waals surface area contributed by atoms with E-state index in [2.05, 4.69) is 9.84 Å². The molecule has 0 amide bonds. The summed E-state index contributed by atoms with van der Waals surface area (Å²) in [4.78, 5) is 0. The number of rotatable bonds is 2. The van der Waals surface area contributed by atoms with Crippen LogP contribution < -0.4 is 10.5 Å². The summed E-state index contributed by atoms with van der Waals surface area (Å²) in [7, 11) is 2.86. The van der Waals surface area contributed by atoms with Crippen molar-refractivity contribution >= 4 is 5.82 Å². The number of aryl methyl sites for hydroxylation is 1. The summed E-state index contributed by atoms with van der Waals surface area (Å²) in [6.07, 6.45) is 1.45. The second-order valence-corrected chi connectivity index (χ2v) is 3.54. The van der Waals surface area contributed by atoms with Gasteiger partial charge < -0.3 is 10.5 Å². The number of hydrogen-bond acceptors (Lipinski definition) is 3. The van der Waals surface area contributed by atoms with Crippen LogP contribution in [-0.4, -0.2) is 16.9 Å². The number of halogens is 2. The maximum absolute atomic E-state index is 13.5. The summed E-state index contributed by atoms with van der Waals surface area (Å²) in [5, 5.41) is 3.91. The van der Waals surface area contributed by atoms with E-state index in [1.807, 2.05) is 0 Å². The van der Waals surface area contributed by atoms with Gasteiger partial charge in [-0.2, -0.15) is 5.10 Å². The molecule has 0 aliphatic heterocycles. The van der Waals surface area contributed by atoms with Crippen LogP contribution >= 0.6 is 0 Å². The van der Waals surface area contributed by atoms with Crippen molar-refractivity contribution in [2.45, 2.75) is 0 Å². The molecule has 2 aromatic rings. The molecule has 0 saturated carbocycles. The SMILES string of the molecule is COc1c(F)cc(-c2cnn(C)c2N)cc1F. The van der Waals surface area contributed by atoms with E-state index in [1.54, 1.807) is 7.05 Å². The fraction of sp³-hybridized carbons (Fsp3) is 0.182. The number of nitrogen functional groups attached to an aromatic ring is 1. The highest BCUT2D eigenvalue weighted by atomic mass is 19.1. The fourth-order valence-corrected chi connectivity index (χ4v) is 1.58. The summed E-state index contributed by atoms with van der Waals surface area (Å²) in [6, 6.07) is 2.32. The highest BCUT2D eigenvalue weighted by Gasteiger charge is 2.15. The fourth-order valence-electron chi connectivity index (χ4n) is 1.58. The maximum Gasteiger partial charge on any atom is 0.190 e. The van der Waals surface area contributed by atoms with E-state index in [1.165, 1.54) is 18.0 Å². The largest absolute Gasteiger partial charge is 0.491 e. The van der Waals surface area contributed by atoms with E-state index in [9.17, 15) is 8.78 Å². The highest BCUT2D eigenvalue weighted by molar-refractivity contribution is 5.74. The average Bonchev–Trinajstić information content (AvgIpc) is 2.59. The number of nitrogens with zero attached hydrogens (tertiary/aromatic N) is 2. The molecule has 4 nitrogen and oxygen atoms in total. The Bertz CT molecular complexity index is 543. The number of aromatic nitrogens is 2. The lowest BCUT2D eigenvalue weighted by molar-refractivity contribution is 0.360. The quantitative estimate of drug-likeness (QED) is 0.871. The van der Waals surface area contributed by atoms with E-state index in [0.717, 1.165) is 12.1 Å². The molecular weight excluding hydrogens is 228 g/mol. The molecule has 0 bridgehead atoms. The molecule has 0 radical (unpaired) electrons. The zero-order valence-corrected chi connectivity index (χ0v) is 9.37. The van der Waals surface area contributed by atoms with Crippen molar-refractivity contribution < 1.29 is 13.5 Å². The first-order valence-electron chi connectivity index (χ1n) is 4.85. The van der Waals surface area contributed by atoms with Gasteiger partial charge in [-0.25, -0.2) is 8.78 Å². The predicted molar refractivity (Wildman–Crippen MR) is 59.5 cm³/mol. The number of anilines is 1. The Hall–Kier alpha value is -2.11. The van der Waals surface area contributed by atoms with E-state index < -0.39 is 17.4 Å². The molecule has 90 valence electrons. The van der Waals surface area contributed by atoms with Gasteiger partial charge in [0, 0.05) is 12.6 Å². The monoisotopic (exact) mass is 239 g/mol. The van der Waals surface area contributed by atoms with Crippen LogP contribution in [0, 0.1) is 11.6 Å². The van der Waals surface area contributed by atoms with Crippen LogP contribution in [-0.2, 0) is 7.05 Å². The van der Waals surface area contributed by atoms with Crippen molar-refractivity contribution in [3.63, 3.8) is 0 Å². The summed E-state index contributed by atoms with van der Waals surface area (Å²) in [5.41, 5.74) is 6.53. The van der Waals surface area contributed by atoms with Gasteiger partial charge in [0.1, 0.15) is 5.82 Å². The van der Waals surface area contributed by atoms with Gasteiger partial charge >= 0.3 is 0 Å². The summed E-state index contributed by atoms with van der Waals surface area (Å²) < 4.78 is 33.0. The molecule has 2 N–H and O–H groups in total. The summed E-state index contributed by atoms with van der Waals surface area (Å²) in [5.74, 6) is -1.61. The van der Waals surface area contributed by atoms with Gasteiger partial charge in [-0.3, -0.25) is 4.68 Å². The molecule has 1 aromatic heterocycles. The summed E-state index contributed by atoms with van der Waals surface area (Å²) >= 11 is 0. The third-order valence-electron chi connectivity index (χ3n) is 2.50. The van der Waals surface area contributed by atoms with E-state index in [4.69, 9.17) is 5.73 Å². The van der Waals surface area contributed by atoms with Crippen LogP contribution in [0.3, 0.4) is 0 Å². The Labute approximate surface area is 96.6 Å². The van der Waals surface area contributed by atoms with Crippen LogP contribution in [0.25, 0.3) is 11.1 Å². The Balaban J connectivity index is 2.58. The van der Waals surface area contributed by atoms with Gasteiger partial charge in [0.25, 0.3) is 0 Å². The zero-order chi connectivity index (χ0) is 12.6. The molecule has 0 aliphatic carbocycles. The lowest BCUT2D eigenvalue weighted by atomic mass is 10.1. The average molecular weight is 239 g/mol. The third-order valence-corrected chi connectivity index (χ3v) is 2.50. The van der Waals surface area contributed by atoms with Gasteiger partial charge in [0.2, 0.25) is 0 Å². The van der Waals surface area contributed by atoms with E-state index in [0.29, 0.717) is 16.9 Å². The highest BCUT2D eigenvalue weighted by Crippen LogP contribution is 2.31. The minimum Gasteiger partial charge on any atom is -0.491 e. The standard InChI is InChI=1S/C11H11F2N3O/c1-16-11(14)7(5-15-16)6-3-8(12)10(17-2)9(13)4-6/h3-5H,14H2,1-2H3. The Morgan fingerprint density at radius 2 is 1.88 bits per heavy atom. The van der Waals surface area contributed by atoms with E-state index in [-0.39, 0.29) is 0 Å². The molecule has 2 rings (SSSR count). The number of hydrogen-bond donors (Lipinski definition) is 1. The lowest BCUT2D eigenvalue weighted by Gasteiger charge is -2.06. The maximum atomic E-state index is 13.5. The first-order chi connectivity index (χ1) is 8.04. The van der Waals surface area contributed by atoms with Crippen molar-refractivity contribution in [3.8, 4) is 16.9 Å². The Morgan fingerprint density at radius 3 is 2.29 bits per heavy atom. The minimum absolute atomic E-state index is 0.325.